The molecular formula is C12H19N3O5S. The summed E-state index contributed by atoms with van der Waals surface area (Å²) in [7, 11) is -3.96. The van der Waals surface area contributed by atoms with Crippen molar-refractivity contribution in [2.45, 2.75) is 38.3 Å². The van der Waals surface area contributed by atoms with Crippen LogP contribution in [0, 0.1) is 0 Å². The zero-order chi connectivity index (χ0) is 16.2. The van der Waals surface area contributed by atoms with E-state index in [1.165, 1.54) is 17.7 Å². The summed E-state index contributed by atoms with van der Waals surface area (Å²) in [6.07, 6.45) is 1.23. The van der Waals surface area contributed by atoms with Gasteiger partial charge in [-0.3, -0.25) is 4.79 Å². The number of sulfonamides is 1. The van der Waals surface area contributed by atoms with E-state index < -0.39 is 27.9 Å². The van der Waals surface area contributed by atoms with Crippen molar-refractivity contribution in [3.63, 3.8) is 0 Å². The van der Waals surface area contributed by atoms with Gasteiger partial charge >= 0.3 is 5.97 Å². The number of nitrogens with zero attached hydrogens (tertiary/aromatic N) is 1. The van der Waals surface area contributed by atoms with Gasteiger partial charge in [0.05, 0.1) is 6.04 Å². The summed E-state index contributed by atoms with van der Waals surface area (Å²) in [4.78, 5) is 22.4. The van der Waals surface area contributed by atoms with Crippen LogP contribution in [0.1, 0.15) is 31.3 Å². The monoisotopic (exact) mass is 317 g/mol. The zero-order valence-electron chi connectivity index (χ0n) is 12.1. The SMILES string of the molecule is CCNC(=O)C(C)NS(=O)(=O)c1cc(C(=O)O)n(CC)c1. The Morgan fingerprint density at radius 2 is 2.00 bits per heavy atom. The maximum absolute atomic E-state index is 12.2. The topological polar surface area (TPSA) is 118 Å². The minimum Gasteiger partial charge on any atom is -0.477 e. The number of likely N-dealkylation sites (N-methyl/N-ethyl adjacent to an activating group) is 1. The molecule has 1 aromatic heterocycles. The number of hydrogen-bond acceptors (Lipinski definition) is 4. The van der Waals surface area contributed by atoms with Crippen LogP contribution in [0.2, 0.25) is 0 Å². The molecule has 0 aromatic carbocycles. The number of carbonyl (C=O) groups is 2. The smallest absolute Gasteiger partial charge is 0.352 e. The van der Waals surface area contributed by atoms with Gasteiger partial charge in [0, 0.05) is 19.3 Å². The minimum atomic E-state index is -3.96. The summed E-state index contributed by atoms with van der Waals surface area (Å²) < 4.78 is 27.8. The highest BCUT2D eigenvalue weighted by molar-refractivity contribution is 7.89. The second-order valence-corrected chi connectivity index (χ2v) is 6.10. The van der Waals surface area contributed by atoms with Gasteiger partial charge in [-0.05, 0) is 26.8 Å². The summed E-state index contributed by atoms with van der Waals surface area (Å²) in [6, 6.07) is 0.117. The molecule has 1 amide bonds. The number of aromatic carboxylic acids is 1. The van der Waals surface area contributed by atoms with Gasteiger partial charge in [0.1, 0.15) is 10.6 Å². The van der Waals surface area contributed by atoms with Gasteiger partial charge in [-0.2, -0.15) is 4.72 Å². The number of carboxylic acids is 1. The Labute approximate surface area is 123 Å². The van der Waals surface area contributed by atoms with Crippen molar-refractivity contribution in [3.8, 4) is 0 Å². The van der Waals surface area contributed by atoms with Crippen LogP contribution < -0.4 is 10.0 Å². The van der Waals surface area contributed by atoms with Crippen LogP contribution in [-0.4, -0.2) is 42.6 Å². The summed E-state index contributed by atoms with van der Waals surface area (Å²) in [5.74, 6) is -1.66. The van der Waals surface area contributed by atoms with E-state index in [1.807, 2.05) is 0 Å². The van der Waals surface area contributed by atoms with Crippen LogP contribution in [-0.2, 0) is 21.4 Å². The van der Waals surface area contributed by atoms with E-state index in [2.05, 4.69) is 10.0 Å². The minimum absolute atomic E-state index is 0.122. The molecule has 0 spiro atoms. The van der Waals surface area contributed by atoms with E-state index in [0.717, 1.165) is 6.07 Å². The lowest BCUT2D eigenvalue weighted by molar-refractivity contribution is -0.122. The number of carbonyl (C=O) groups excluding carboxylic acids is 1. The molecule has 1 atom stereocenters. The quantitative estimate of drug-likeness (QED) is 0.655. The molecule has 0 aliphatic rings. The second kappa shape index (κ2) is 6.72. The summed E-state index contributed by atoms with van der Waals surface area (Å²) in [5, 5.41) is 11.5. The molecule has 9 heteroatoms. The fraction of sp³-hybridized carbons (Fsp3) is 0.500. The summed E-state index contributed by atoms with van der Waals surface area (Å²) in [6.45, 7) is 5.55. The number of nitrogens with one attached hydrogen (secondary N) is 2. The molecule has 0 radical (unpaired) electrons. The van der Waals surface area contributed by atoms with E-state index in [0.29, 0.717) is 13.1 Å². The second-order valence-electron chi connectivity index (χ2n) is 4.39. The highest BCUT2D eigenvalue weighted by atomic mass is 32.2. The van der Waals surface area contributed by atoms with Gasteiger partial charge in [-0.1, -0.05) is 0 Å². The van der Waals surface area contributed by atoms with Gasteiger partial charge in [0.15, 0.2) is 0 Å². The lowest BCUT2D eigenvalue weighted by atomic mass is 10.3. The number of hydrogen-bond donors (Lipinski definition) is 3. The molecule has 8 nitrogen and oxygen atoms in total. The van der Waals surface area contributed by atoms with E-state index in [-0.39, 0.29) is 10.6 Å². The Bertz CT molecular complexity index is 635. The highest BCUT2D eigenvalue weighted by Gasteiger charge is 2.25. The van der Waals surface area contributed by atoms with Crippen molar-refractivity contribution in [2.24, 2.45) is 0 Å². The van der Waals surface area contributed by atoms with Crippen LogP contribution in [0.3, 0.4) is 0 Å². The largest absolute Gasteiger partial charge is 0.477 e. The maximum Gasteiger partial charge on any atom is 0.352 e. The third-order valence-electron chi connectivity index (χ3n) is 2.82. The Morgan fingerprint density at radius 1 is 1.38 bits per heavy atom. The summed E-state index contributed by atoms with van der Waals surface area (Å²) in [5.41, 5.74) is -0.122. The number of aryl methyl sites for hydroxylation is 1. The fourth-order valence-electron chi connectivity index (χ4n) is 1.75. The predicted octanol–water partition coefficient (Wildman–Crippen LogP) is 0.00910. The molecule has 0 aliphatic heterocycles. The van der Waals surface area contributed by atoms with Gasteiger partial charge in [0.2, 0.25) is 15.9 Å². The van der Waals surface area contributed by atoms with Crippen LogP contribution in [0.25, 0.3) is 0 Å². The van der Waals surface area contributed by atoms with E-state index in [9.17, 15) is 18.0 Å². The van der Waals surface area contributed by atoms with Crippen LogP contribution in [0.5, 0.6) is 0 Å². The van der Waals surface area contributed by atoms with E-state index >= 15 is 0 Å². The van der Waals surface area contributed by atoms with Gasteiger partial charge < -0.3 is 15.0 Å². The van der Waals surface area contributed by atoms with Crippen molar-refractivity contribution in [3.05, 3.63) is 18.0 Å². The molecule has 118 valence electrons. The van der Waals surface area contributed by atoms with Crippen molar-refractivity contribution < 1.29 is 23.1 Å². The zero-order valence-corrected chi connectivity index (χ0v) is 12.9. The average Bonchev–Trinajstić information content (AvgIpc) is 2.83. The number of rotatable bonds is 7. The van der Waals surface area contributed by atoms with E-state index in [4.69, 9.17) is 5.11 Å². The molecule has 0 aliphatic carbocycles. The fourth-order valence-corrected chi connectivity index (χ4v) is 2.99. The molecule has 0 saturated carbocycles. The molecule has 3 N–H and O–H groups in total. The number of aromatic nitrogens is 1. The Hall–Kier alpha value is -1.87. The van der Waals surface area contributed by atoms with E-state index in [1.54, 1.807) is 13.8 Å². The standard InChI is InChI=1S/C12H19N3O5S/c1-4-13-11(16)8(3)14-21(19,20)9-6-10(12(17)18)15(5-2)7-9/h6-8,14H,4-5H2,1-3H3,(H,13,16)(H,17,18). The third-order valence-corrected chi connectivity index (χ3v) is 4.33. The highest BCUT2D eigenvalue weighted by Crippen LogP contribution is 2.15. The van der Waals surface area contributed by atoms with Crippen molar-refractivity contribution in [1.29, 1.82) is 0 Å². The number of carboxylic acid groups (broad SMARTS) is 1. The van der Waals surface area contributed by atoms with Crippen molar-refractivity contribution >= 4 is 21.9 Å². The first-order chi connectivity index (χ1) is 9.72. The molecule has 0 bridgehead atoms. The maximum atomic E-state index is 12.2. The van der Waals surface area contributed by atoms with Gasteiger partial charge in [-0.25, -0.2) is 13.2 Å². The molecule has 1 heterocycles. The van der Waals surface area contributed by atoms with Crippen molar-refractivity contribution in [1.82, 2.24) is 14.6 Å². The molecule has 1 unspecified atom stereocenters. The predicted molar refractivity (Wildman–Crippen MR) is 75.5 cm³/mol. The normalized spacial score (nSPS) is 12.9. The first kappa shape index (κ1) is 17.2. The van der Waals surface area contributed by atoms with Crippen LogP contribution in [0.4, 0.5) is 0 Å². The molecule has 21 heavy (non-hydrogen) atoms. The Kier molecular flexibility index (Phi) is 5.50. The van der Waals surface area contributed by atoms with Gasteiger partial charge in [0.25, 0.3) is 0 Å². The van der Waals surface area contributed by atoms with Crippen LogP contribution in [0.15, 0.2) is 17.2 Å². The molecule has 1 aromatic rings. The molecular weight excluding hydrogens is 298 g/mol. The Balaban J connectivity index is 3.03. The van der Waals surface area contributed by atoms with Gasteiger partial charge in [-0.15, -0.1) is 0 Å². The third kappa shape index (κ3) is 4.05. The first-order valence-electron chi connectivity index (χ1n) is 6.46. The molecule has 0 fully saturated rings. The van der Waals surface area contributed by atoms with Crippen molar-refractivity contribution in [2.75, 3.05) is 6.54 Å². The summed E-state index contributed by atoms with van der Waals surface area (Å²) >= 11 is 0. The van der Waals surface area contributed by atoms with Crippen LogP contribution >= 0.6 is 0 Å². The lowest BCUT2D eigenvalue weighted by Gasteiger charge is -2.12. The molecule has 1 rings (SSSR count). The lowest BCUT2D eigenvalue weighted by Crippen LogP contribution is -2.44. The molecule has 0 saturated heterocycles. The number of amides is 1. The average molecular weight is 317 g/mol. The first-order valence-corrected chi connectivity index (χ1v) is 7.94. The Morgan fingerprint density at radius 3 is 2.43 bits per heavy atom.